The van der Waals surface area contributed by atoms with E-state index < -0.39 is 62.5 Å². The zero-order valence-corrected chi connectivity index (χ0v) is 81.3. The number of aromatic amines is 5. The number of rotatable bonds is 15. The first-order valence-corrected chi connectivity index (χ1v) is 46.0. The Hall–Kier alpha value is -20.1. The number of benzene rings is 8. The molecular weight excluding hydrogens is 1870 g/mol. The fourth-order valence-electron chi connectivity index (χ4n) is 16.9. The summed E-state index contributed by atoms with van der Waals surface area (Å²) in [6.45, 7) is 22.9. The Morgan fingerprint density at radius 3 is 0.959 bits per heavy atom. The van der Waals surface area contributed by atoms with Crippen molar-refractivity contribution in [1.82, 2.24) is 83.0 Å². The van der Waals surface area contributed by atoms with Gasteiger partial charge in [0.15, 0.2) is 5.13 Å². The first-order chi connectivity index (χ1) is 70.2. The van der Waals surface area contributed by atoms with Crippen LogP contribution in [0.15, 0.2) is 254 Å². The standard InChI is InChI=1S/2C23H19N5O2.C22H16FN5O2.C21H16N6O2.C19H17N5O2S/c1-13-8-7-11-18(17(13)12-24)26-23(30)19-14(2)27-28-20(16-9-5-4-6-10-16)15(3)25-22(28)21(19)29;1-13-9-10-18(17(11-13)12-24)26-23(30)19-14(2)27-28-20(16-7-5-4-6-8-16)15(3)25-22(28)21(19)29;1-12-18(22(30)26-17-10-16(23)9-8-15(17)11-24)20(29)21-25-13(2)19(28(21)27-12)14-6-4-3-5-7-14;1-12-17(21(29)25-16-11-23-9-8-15(16)10-22)19(28)20-24-13(2)18(27(20)26-12)14-6-4-3-5-7-14;1-10-9-27-19(20-10)22-18(26)14-11(2)23-24-15(13-7-5-4-6-8-13)12(3)21-17(24)16(14)25/h2*4-11,27H,1-3H3,(H,26,30);3-10,27H,1-2H3,(H,26,30);3-9,11,26H,1-2H3,(H,25,29);4-9,23H,1-3H3,(H,20,22,26). The number of carbonyl (C=O) groups is 5. The van der Waals surface area contributed by atoms with Gasteiger partial charge in [-0.05, 0) is 144 Å². The highest BCUT2D eigenvalue weighted by atomic mass is 32.1. The number of hydrogen-bond donors (Lipinski definition) is 10. The van der Waals surface area contributed by atoms with Crippen LogP contribution in [0.1, 0.15) is 148 Å². The number of thiazole rings is 1. The summed E-state index contributed by atoms with van der Waals surface area (Å²) in [4.78, 5) is 160. The maximum absolute atomic E-state index is 13.6. The van der Waals surface area contributed by atoms with Crippen molar-refractivity contribution in [2.75, 3.05) is 26.6 Å². The Morgan fingerprint density at radius 2 is 0.637 bits per heavy atom. The minimum Gasteiger partial charge on any atom is -0.321 e. The molecule has 5 amide bonds. The fraction of sp³-hybridized carbons (Fsp3) is 0.120. The van der Waals surface area contributed by atoms with Crippen LogP contribution in [0.4, 0.5) is 32.3 Å². The first kappa shape index (κ1) is 98.9. The lowest BCUT2D eigenvalue weighted by Crippen LogP contribution is -2.26. The van der Waals surface area contributed by atoms with Crippen LogP contribution in [-0.2, 0) is 0 Å². The van der Waals surface area contributed by atoms with Crippen molar-refractivity contribution in [3.8, 4) is 80.6 Å². The minimum absolute atomic E-state index is 0.00864. The van der Waals surface area contributed by atoms with Crippen LogP contribution in [0.3, 0.4) is 0 Å². The number of hydrogen-bond acceptors (Lipinski definition) is 22. The molecule has 0 bridgehead atoms. The van der Waals surface area contributed by atoms with Gasteiger partial charge in [-0.15, -0.1) is 11.3 Å². The van der Waals surface area contributed by atoms with E-state index in [0.717, 1.165) is 85.2 Å². The van der Waals surface area contributed by atoms with Crippen molar-refractivity contribution in [2.45, 2.75) is 90.0 Å². The topological polar surface area (TPSA) is 517 Å². The number of imidazole rings is 5. The molecule has 0 saturated carbocycles. The molecule has 0 aliphatic carbocycles. The van der Waals surface area contributed by atoms with Gasteiger partial charge in [-0.1, -0.05) is 170 Å². The highest BCUT2D eigenvalue weighted by molar-refractivity contribution is 7.14. The number of pyridine rings is 1. The molecule has 0 aliphatic rings. The number of fused-ring (bicyclic) bond motifs is 5. The quantitative estimate of drug-likeness (QED) is 0.0456. The number of carbonyl (C=O) groups excluding carboxylic acids is 5. The molecular formula is C108H87FN26O10S. The van der Waals surface area contributed by atoms with Gasteiger partial charge >= 0.3 is 0 Å². The Bertz CT molecular complexity index is 9050. The molecule has 20 aromatic rings. The van der Waals surface area contributed by atoms with Crippen LogP contribution in [0.25, 0.3) is 84.5 Å². The highest BCUT2D eigenvalue weighted by Gasteiger charge is 2.30. The number of H-pyrrole nitrogens is 5. The molecule has 722 valence electrons. The number of nitrogens with zero attached hydrogens (tertiary/aromatic N) is 16. The molecule has 12 heterocycles. The molecule has 0 radical (unpaired) electrons. The average Bonchev–Trinajstić information content (AvgIpc) is 1.62. The summed E-state index contributed by atoms with van der Waals surface area (Å²) >= 11 is 1.32. The Labute approximate surface area is 832 Å². The maximum Gasteiger partial charge on any atom is 0.263 e. The highest BCUT2D eigenvalue weighted by Crippen LogP contribution is 2.32. The summed E-state index contributed by atoms with van der Waals surface area (Å²) in [6, 6.07) is 71.2. The van der Waals surface area contributed by atoms with Gasteiger partial charge in [-0.3, -0.25) is 83.7 Å². The van der Waals surface area contributed by atoms with Crippen molar-refractivity contribution in [1.29, 1.82) is 21.0 Å². The average molecular weight is 1960 g/mol. The van der Waals surface area contributed by atoms with Gasteiger partial charge in [0.1, 0.15) is 57.9 Å². The van der Waals surface area contributed by atoms with Crippen LogP contribution in [0, 0.1) is 141 Å². The molecule has 38 heteroatoms. The summed E-state index contributed by atoms with van der Waals surface area (Å²) in [6.07, 6.45) is 2.82. The third-order valence-electron chi connectivity index (χ3n) is 23.6. The molecule has 146 heavy (non-hydrogen) atoms. The lowest BCUT2D eigenvalue weighted by Gasteiger charge is -2.11. The van der Waals surface area contributed by atoms with Gasteiger partial charge in [0, 0.05) is 67.9 Å². The van der Waals surface area contributed by atoms with E-state index in [9.17, 15) is 73.4 Å². The van der Waals surface area contributed by atoms with E-state index >= 15 is 0 Å². The predicted octanol–water partition coefficient (Wildman–Crippen LogP) is 17.2. The number of nitrogens with one attached hydrogen (secondary N) is 10. The van der Waals surface area contributed by atoms with E-state index in [1.165, 1.54) is 35.9 Å². The fourth-order valence-corrected chi connectivity index (χ4v) is 17.6. The van der Waals surface area contributed by atoms with E-state index in [0.29, 0.717) is 84.6 Å². The molecule has 0 aliphatic heterocycles. The maximum atomic E-state index is 13.6. The molecule has 0 spiro atoms. The van der Waals surface area contributed by atoms with Crippen LogP contribution in [0.2, 0.25) is 0 Å². The molecule has 20 rings (SSSR count). The monoisotopic (exact) mass is 1960 g/mol. The molecule has 36 nitrogen and oxygen atoms in total. The number of aromatic nitrogens is 17. The Morgan fingerprint density at radius 1 is 0.322 bits per heavy atom. The largest absolute Gasteiger partial charge is 0.321 e. The molecule has 8 aromatic carbocycles. The number of nitriles is 4. The smallest absolute Gasteiger partial charge is 0.263 e. The molecule has 0 unspecified atom stereocenters. The number of anilines is 5. The Balaban J connectivity index is 0.000000131. The number of halogens is 1. The molecule has 0 atom stereocenters. The first-order valence-electron chi connectivity index (χ1n) is 45.1. The van der Waals surface area contributed by atoms with Crippen LogP contribution in [0.5, 0.6) is 0 Å². The summed E-state index contributed by atoms with van der Waals surface area (Å²) in [7, 11) is 0. The van der Waals surface area contributed by atoms with Gasteiger partial charge in [-0.2, -0.15) is 21.0 Å². The van der Waals surface area contributed by atoms with E-state index in [-0.39, 0.29) is 78.6 Å². The van der Waals surface area contributed by atoms with Gasteiger partial charge in [-0.25, -0.2) is 56.9 Å². The van der Waals surface area contributed by atoms with Crippen LogP contribution >= 0.6 is 11.3 Å². The van der Waals surface area contributed by atoms with Gasteiger partial charge in [0.2, 0.25) is 55.4 Å². The minimum atomic E-state index is -0.750. The lowest BCUT2D eigenvalue weighted by atomic mass is 10.1. The Kier molecular flexibility index (Phi) is 28.4. The molecule has 10 N–H and O–H groups in total. The van der Waals surface area contributed by atoms with Crippen molar-refractivity contribution in [2.24, 2.45) is 0 Å². The summed E-state index contributed by atoms with van der Waals surface area (Å²) in [5.74, 6) is -3.65. The van der Waals surface area contributed by atoms with Gasteiger partial charge < -0.3 is 21.3 Å². The second-order valence-electron chi connectivity index (χ2n) is 33.7. The molecule has 0 fully saturated rings. The zero-order chi connectivity index (χ0) is 104. The van der Waals surface area contributed by atoms with Crippen LogP contribution < -0.4 is 53.7 Å². The third kappa shape index (κ3) is 19.7. The van der Waals surface area contributed by atoms with E-state index in [1.54, 1.807) is 107 Å². The second-order valence-corrected chi connectivity index (χ2v) is 34.6. The van der Waals surface area contributed by atoms with E-state index in [1.807, 2.05) is 211 Å². The van der Waals surface area contributed by atoms with Gasteiger partial charge in [0.25, 0.3) is 29.5 Å². The predicted molar refractivity (Wildman–Crippen MR) is 552 cm³/mol. The van der Waals surface area contributed by atoms with Crippen molar-refractivity contribution >= 4 is 97.0 Å². The lowest BCUT2D eigenvalue weighted by molar-refractivity contribution is 0.101. The number of aryl methyl sites for hydroxylation is 13. The van der Waals surface area contributed by atoms with Gasteiger partial charge in [0.05, 0.1) is 114 Å². The van der Waals surface area contributed by atoms with E-state index in [2.05, 4.69) is 99.1 Å². The second kappa shape index (κ2) is 41.9. The van der Waals surface area contributed by atoms with Crippen molar-refractivity contribution in [3.05, 3.63) is 411 Å². The molecule has 0 saturated heterocycles. The van der Waals surface area contributed by atoms with Crippen LogP contribution in [-0.4, -0.2) is 112 Å². The summed E-state index contributed by atoms with van der Waals surface area (Å²) < 4.78 is 21.6. The SMILES string of the molecule is Cc1ccc(NC(=O)c2c(C)[nH]n3c(-c4ccccc4)c(C)nc3c2=O)c(C#N)c1.Cc1cccc(NC(=O)c2c(C)[nH]n3c(-c4ccccc4)c(C)nc3c2=O)c1C#N.Cc1csc(NC(=O)c2c(C)[nH]n3c(-c4ccccc4)c(C)nc3c2=O)n1.Cc1nc2c(=O)c(C(=O)Nc3cc(F)ccc3C#N)c(C)[nH]n2c1-c1ccccc1.Cc1nc2c(=O)c(C(=O)Nc3cnccc3C#N)c(C)[nH]n2c1-c1ccccc1. The molecule has 12 aromatic heterocycles. The summed E-state index contributed by atoms with van der Waals surface area (Å²) in [5, 5.41) is 68.0. The number of amides is 5. The van der Waals surface area contributed by atoms with Crippen molar-refractivity contribution < 1.29 is 28.4 Å². The summed E-state index contributed by atoms with van der Waals surface area (Å²) in [5.41, 5.74) is 16.2. The van der Waals surface area contributed by atoms with E-state index in [4.69, 9.17) is 0 Å². The van der Waals surface area contributed by atoms with Crippen molar-refractivity contribution in [3.63, 3.8) is 0 Å². The zero-order valence-electron chi connectivity index (χ0n) is 80.5. The normalized spacial score (nSPS) is 10.8. The third-order valence-corrected chi connectivity index (χ3v) is 24.5.